The minimum absolute atomic E-state index is 0.0302. The van der Waals surface area contributed by atoms with Crippen molar-refractivity contribution in [2.45, 2.75) is 9.79 Å². The molecule has 12 heteroatoms. The predicted octanol–water partition coefficient (Wildman–Crippen LogP) is 1.87. The Balaban J connectivity index is 2.19. The van der Waals surface area contributed by atoms with E-state index >= 15 is 0 Å². The van der Waals surface area contributed by atoms with E-state index in [0.29, 0.717) is 5.69 Å². The third-order valence-corrected chi connectivity index (χ3v) is 5.73. The van der Waals surface area contributed by atoms with Crippen molar-refractivity contribution in [3.05, 3.63) is 54.1 Å². The van der Waals surface area contributed by atoms with Gasteiger partial charge in [-0.2, -0.15) is 16.8 Å². The molecule has 0 heterocycles. The van der Waals surface area contributed by atoms with Crippen LogP contribution in [-0.2, 0) is 20.2 Å². The van der Waals surface area contributed by atoms with Gasteiger partial charge in [0.1, 0.15) is 10.6 Å². The van der Waals surface area contributed by atoms with E-state index in [1.165, 1.54) is 24.3 Å². The van der Waals surface area contributed by atoms with Gasteiger partial charge in [0.25, 0.3) is 26.1 Å². The molecule has 0 aliphatic carbocycles. The third kappa shape index (κ3) is 4.30. The van der Waals surface area contributed by atoms with Crippen LogP contribution in [0.15, 0.2) is 58.3 Å². The van der Waals surface area contributed by atoms with Crippen molar-refractivity contribution < 1.29 is 35.8 Å². The number of nitrogens with one attached hydrogen (secondary N) is 1. The van der Waals surface area contributed by atoms with E-state index in [2.05, 4.69) is 5.32 Å². The van der Waals surface area contributed by atoms with Gasteiger partial charge in [-0.3, -0.25) is 13.9 Å². The first kappa shape index (κ1) is 20.5. The van der Waals surface area contributed by atoms with Crippen LogP contribution < -0.4 is 11.1 Å². The summed E-state index contributed by atoms with van der Waals surface area (Å²) in [6, 6.07) is 9.29. The lowest BCUT2D eigenvalue weighted by atomic mass is 10.1. The average Bonchev–Trinajstić information content (AvgIpc) is 2.60. The summed E-state index contributed by atoms with van der Waals surface area (Å²) >= 11 is 0. The monoisotopic (exact) mass is 438 g/mol. The highest BCUT2D eigenvalue weighted by Crippen LogP contribution is 2.35. The fourth-order valence-corrected chi connectivity index (χ4v) is 3.83. The van der Waals surface area contributed by atoms with Crippen molar-refractivity contribution in [3.8, 4) is 5.75 Å². The van der Waals surface area contributed by atoms with E-state index in [1.54, 1.807) is 0 Å². The van der Waals surface area contributed by atoms with E-state index in [1.807, 2.05) is 0 Å². The highest BCUT2D eigenvalue weighted by Gasteiger charge is 2.22. The van der Waals surface area contributed by atoms with E-state index in [4.69, 9.17) is 10.3 Å². The zero-order valence-corrected chi connectivity index (χ0v) is 16.0. The van der Waals surface area contributed by atoms with Crippen LogP contribution in [0.25, 0.3) is 10.8 Å². The van der Waals surface area contributed by atoms with Crippen molar-refractivity contribution in [2.75, 3.05) is 11.1 Å². The highest BCUT2D eigenvalue weighted by atomic mass is 32.2. The molecule has 0 saturated heterocycles. The van der Waals surface area contributed by atoms with E-state index in [0.717, 1.165) is 24.3 Å². The third-order valence-electron chi connectivity index (χ3n) is 4.00. The predicted molar refractivity (Wildman–Crippen MR) is 104 cm³/mol. The van der Waals surface area contributed by atoms with Crippen LogP contribution in [0.3, 0.4) is 0 Å². The number of amides is 1. The Bertz CT molecular complexity index is 1350. The molecule has 0 aromatic heterocycles. The number of phenolic OH excluding ortho intramolecular Hbond substituents is 1. The maximum absolute atomic E-state index is 12.4. The van der Waals surface area contributed by atoms with Crippen molar-refractivity contribution in [1.82, 2.24) is 0 Å². The molecular weight excluding hydrogens is 424 g/mol. The second-order valence-electron chi connectivity index (χ2n) is 6.04. The van der Waals surface area contributed by atoms with Crippen molar-refractivity contribution in [1.29, 1.82) is 0 Å². The number of nitrogen functional groups attached to an aromatic ring is 1. The Morgan fingerprint density at radius 2 is 1.52 bits per heavy atom. The Kier molecular flexibility index (Phi) is 4.96. The number of hydrogen-bond acceptors (Lipinski definition) is 7. The van der Waals surface area contributed by atoms with Crippen molar-refractivity contribution >= 4 is 48.3 Å². The van der Waals surface area contributed by atoms with E-state index < -0.39 is 41.7 Å². The van der Waals surface area contributed by atoms with Crippen LogP contribution >= 0.6 is 0 Å². The minimum Gasteiger partial charge on any atom is -0.507 e. The number of rotatable bonds is 4. The number of nitrogens with two attached hydrogens (primary N) is 1. The molecule has 0 radical (unpaired) electrons. The Hall–Kier alpha value is -3.19. The molecule has 0 unspecified atom stereocenters. The number of hydrogen-bond donors (Lipinski definition) is 5. The van der Waals surface area contributed by atoms with Crippen LogP contribution in [0, 0.1) is 0 Å². The van der Waals surface area contributed by atoms with Gasteiger partial charge >= 0.3 is 0 Å². The van der Waals surface area contributed by atoms with Crippen LogP contribution in [0.1, 0.15) is 10.4 Å². The summed E-state index contributed by atoms with van der Waals surface area (Å²) in [6.07, 6.45) is 0. The zero-order valence-electron chi connectivity index (χ0n) is 14.4. The number of fused-ring (bicyclic) bond motifs is 1. The zero-order chi connectivity index (χ0) is 21.6. The molecule has 0 bridgehead atoms. The standard InChI is InChI=1S/C17H14N2O8S2/c18-11-3-1-9(2-4-11)17(21)19-14-8-13-10(6-16(14)29(25,26)27)5-12(7-15(13)20)28(22,23)24/h1-8,20H,18H2,(H,19,21)(H,22,23,24)(H,25,26,27). The maximum Gasteiger partial charge on any atom is 0.296 e. The average molecular weight is 438 g/mol. The smallest absolute Gasteiger partial charge is 0.296 e. The fraction of sp³-hybridized carbons (Fsp3) is 0. The van der Waals surface area contributed by atoms with Crippen LogP contribution in [0.4, 0.5) is 11.4 Å². The van der Waals surface area contributed by atoms with Gasteiger partial charge < -0.3 is 16.2 Å². The van der Waals surface area contributed by atoms with Gasteiger partial charge in [-0.25, -0.2) is 0 Å². The Morgan fingerprint density at radius 1 is 0.897 bits per heavy atom. The SMILES string of the molecule is Nc1ccc(C(=O)Nc2cc3c(O)cc(S(=O)(=O)O)cc3cc2S(=O)(=O)O)cc1. The van der Waals surface area contributed by atoms with Gasteiger partial charge in [-0.05, 0) is 47.9 Å². The summed E-state index contributed by atoms with van der Waals surface area (Å²) in [5.74, 6) is -1.32. The van der Waals surface area contributed by atoms with Gasteiger partial charge in [0, 0.05) is 22.7 Å². The quantitative estimate of drug-likeness (QED) is 0.299. The van der Waals surface area contributed by atoms with E-state index in [-0.39, 0.29) is 22.0 Å². The van der Waals surface area contributed by atoms with Gasteiger partial charge in [0.2, 0.25) is 0 Å². The topological polar surface area (TPSA) is 184 Å². The number of carbonyl (C=O) groups is 1. The molecule has 29 heavy (non-hydrogen) atoms. The summed E-state index contributed by atoms with van der Waals surface area (Å²) in [5.41, 5.74) is 5.75. The van der Waals surface area contributed by atoms with Gasteiger partial charge in [0.05, 0.1) is 10.6 Å². The molecular formula is C17H14N2O8S2. The molecule has 0 fully saturated rings. The van der Waals surface area contributed by atoms with Gasteiger partial charge in [0.15, 0.2) is 0 Å². The molecule has 3 rings (SSSR count). The first-order valence-electron chi connectivity index (χ1n) is 7.79. The second kappa shape index (κ2) is 7.00. The first-order chi connectivity index (χ1) is 13.4. The molecule has 1 amide bonds. The lowest BCUT2D eigenvalue weighted by molar-refractivity contribution is 0.102. The summed E-state index contributed by atoms with van der Waals surface area (Å²) < 4.78 is 64.9. The molecule has 3 aromatic rings. The second-order valence-corrected chi connectivity index (χ2v) is 8.85. The summed E-state index contributed by atoms with van der Waals surface area (Å²) in [5, 5.41) is 12.3. The largest absolute Gasteiger partial charge is 0.507 e. The Morgan fingerprint density at radius 3 is 2.07 bits per heavy atom. The fourth-order valence-electron chi connectivity index (χ4n) is 2.63. The van der Waals surface area contributed by atoms with Gasteiger partial charge in [-0.15, -0.1) is 0 Å². The number of carbonyl (C=O) groups excluding carboxylic acids is 1. The van der Waals surface area contributed by atoms with Crippen molar-refractivity contribution in [2.24, 2.45) is 0 Å². The van der Waals surface area contributed by atoms with Gasteiger partial charge in [-0.1, -0.05) is 0 Å². The number of benzene rings is 3. The summed E-state index contributed by atoms with van der Waals surface area (Å²) in [4.78, 5) is 11.0. The number of aromatic hydroxyl groups is 1. The molecule has 152 valence electrons. The number of anilines is 2. The normalized spacial score (nSPS) is 12.1. The molecule has 0 atom stereocenters. The number of phenols is 1. The molecule has 0 aliphatic heterocycles. The molecule has 6 N–H and O–H groups in total. The first-order valence-corrected chi connectivity index (χ1v) is 10.7. The molecule has 10 nitrogen and oxygen atoms in total. The lowest BCUT2D eigenvalue weighted by Gasteiger charge is -2.13. The van der Waals surface area contributed by atoms with Crippen LogP contribution in [0.5, 0.6) is 5.75 Å². The lowest BCUT2D eigenvalue weighted by Crippen LogP contribution is -2.15. The maximum atomic E-state index is 12.4. The molecule has 0 saturated carbocycles. The molecule has 0 spiro atoms. The Labute approximate surface area is 165 Å². The molecule has 3 aromatic carbocycles. The van der Waals surface area contributed by atoms with Crippen molar-refractivity contribution in [3.63, 3.8) is 0 Å². The summed E-state index contributed by atoms with van der Waals surface area (Å²) in [6.45, 7) is 0. The van der Waals surface area contributed by atoms with E-state index in [9.17, 15) is 31.3 Å². The minimum atomic E-state index is -4.85. The van der Waals surface area contributed by atoms with Crippen LogP contribution in [0.2, 0.25) is 0 Å². The summed E-state index contributed by atoms with van der Waals surface area (Å²) in [7, 11) is -9.53. The van der Waals surface area contributed by atoms with Crippen LogP contribution in [-0.4, -0.2) is 37.0 Å². The highest BCUT2D eigenvalue weighted by molar-refractivity contribution is 7.86. The molecule has 0 aliphatic rings.